The molecular weight excluding hydrogens is 393 g/mol. The molecule has 22 heavy (non-hydrogen) atoms. The third-order valence-corrected chi connectivity index (χ3v) is 4.53. The Morgan fingerprint density at radius 2 is 2.09 bits per heavy atom. The van der Waals surface area contributed by atoms with Crippen LogP contribution >= 0.6 is 24.0 Å². The van der Waals surface area contributed by atoms with Crippen molar-refractivity contribution in [1.82, 2.24) is 20.9 Å². The molecule has 3 N–H and O–H groups in total. The van der Waals surface area contributed by atoms with Crippen LogP contribution in [0.2, 0.25) is 0 Å². The van der Waals surface area contributed by atoms with Crippen LogP contribution in [0.1, 0.15) is 38.5 Å². The molecule has 0 bridgehead atoms. The fourth-order valence-electron chi connectivity index (χ4n) is 3.12. The lowest BCUT2D eigenvalue weighted by Gasteiger charge is -2.27. The Hall–Kier alpha value is -0.570. The second kappa shape index (κ2) is 10.3. The van der Waals surface area contributed by atoms with E-state index in [0.717, 1.165) is 31.5 Å². The first-order chi connectivity index (χ1) is 10.2. The molecule has 1 heterocycles. The van der Waals surface area contributed by atoms with E-state index in [1.165, 1.54) is 25.7 Å². The summed E-state index contributed by atoms with van der Waals surface area (Å²) in [6, 6.07) is 1.04. The molecule has 1 saturated heterocycles. The highest BCUT2D eigenvalue weighted by atomic mass is 127. The Labute approximate surface area is 150 Å². The van der Waals surface area contributed by atoms with Gasteiger partial charge in [-0.3, -0.25) is 9.79 Å². The minimum atomic E-state index is 0. The van der Waals surface area contributed by atoms with Crippen LogP contribution in [0.3, 0.4) is 0 Å². The van der Waals surface area contributed by atoms with Crippen LogP contribution in [0.15, 0.2) is 4.99 Å². The maximum Gasteiger partial charge on any atom is 0.220 e. The monoisotopic (exact) mass is 423 g/mol. The van der Waals surface area contributed by atoms with Crippen LogP contribution < -0.4 is 16.0 Å². The molecule has 0 radical (unpaired) electrons. The van der Waals surface area contributed by atoms with Crippen LogP contribution in [0.25, 0.3) is 0 Å². The summed E-state index contributed by atoms with van der Waals surface area (Å²) < 4.78 is 0. The van der Waals surface area contributed by atoms with Crippen molar-refractivity contribution in [2.24, 2.45) is 4.99 Å². The molecule has 0 spiro atoms. The van der Waals surface area contributed by atoms with Gasteiger partial charge in [-0.15, -0.1) is 24.0 Å². The van der Waals surface area contributed by atoms with Crippen molar-refractivity contribution in [1.29, 1.82) is 0 Å². The highest BCUT2D eigenvalue weighted by molar-refractivity contribution is 14.0. The molecule has 1 amide bonds. The predicted molar refractivity (Wildman–Crippen MR) is 101 cm³/mol. The fraction of sp³-hybridized carbons (Fsp3) is 0.867. The van der Waals surface area contributed by atoms with E-state index in [-0.39, 0.29) is 35.9 Å². The summed E-state index contributed by atoms with van der Waals surface area (Å²) in [4.78, 5) is 17.9. The second-order valence-corrected chi connectivity index (χ2v) is 6.10. The Bertz CT molecular complexity index is 361. The predicted octanol–water partition coefficient (Wildman–Crippen LogP) is 0.922. The van der Waals surface area contributed by atoms with E-state index in [2.05, 4.69) is 32.9 Å². The van der Waals surface area contributed by atoms with Gasteiger partial charge >= 0.3 is 0 Å². The van der Waals surface area contributed by atoms with E-state index in [0.29, 0.717) is 13.0 Å². The van der Waals surface area contributed by atoms with E-state index in [1.54, 1.807) is 7.05 Å². The minimum Gasteiger partial charge on any atom is -0.355 e. The van der Waals surface area contributed by atoms with Crippen molar-refractivity contribution in [3.8, 4) is 0 Å². The lowest BCUT2D eigenvalue weighted by Crippen LogP contribution is -2.52. The molecule has 0 aromatic carbocycles. The fourth-order valence-corrected chi connectivity index (χ4v) is 3.12. The molecular formula is C15H30IN5O. The molecule has 2 aliphatic rings. The number of halogens is 1. The zero-order chi connectivity index (χ0) is 15.1. The molecule has 1 atom stereocenters. The lowest BCUT2D eigenvalue weighted by atomic mass is 10.1. The van der Waals surface area contributed by atoms with Crippen molar-refractivity contribution in [3.05, 3.63) is 0 Å². The summed E-state index contributed by atoms with van der Waals surface area (Å²) in [6.45, 7) is 2.61. The van der Waals surface area contributed by atoms with Crippen LogP contribution in [-0.2, 0) is 4.79 Å². The summed E-state index contributed by atoms with van der Waals surface area (Å²) in [5.41, 5.74) is 0. The smallest absolute Gasteiger partial charge is 0.220 e. The number of piperidine rings is 1. The quantitative estimate of drug-likeness (QED) is 0.350. The third kappa shape index (κ3) is 6.28. The first-order valence-corrected chi connectivity index (χ1v) is 8.13. The van der Waals surface area contributed by atoms with Crippen LogP contribution in [0.4, 0.5) is 0 Å². The second-order valence-electron chi connectivity index (χ2n) is 6.10. The van der Waals surface area contributed by atoms with Crippen molar-refractivity contribution in [3.63, 3.8) is 0 Å². The van der Waals surface area contributed by atoms with Gasteiger partial charge in [0.15, 0.2) is 5.96 Å². The largest absolute Gasteiger partial charge is 0.355 e. The van der Waals surface area contributed by atoms with Gasteiger partial charge in [0.1, 0.15) is 0 Å². The van der Waals surface area contributed by atoms with Gasteiger partial charge < -0.3 is 20.9 Å². The Morgan fingerprint density at radius 3 is 2.68 bits per heavy atom. The van der Waals surface area contributed by atoms with Gasteiger partial charge in [-0.2, -0.15) is 0 Å². The number of nitrogens with one attached hydrogen (secondary N) is 3. The number of carbonyl (C=O) groups is 1. The van der Waals surface area contributed by atoms with Crippen molar-refractivity contribution < 1.29 is 4.79 Å². The number of rotatable bonds is 5. The standard InChI is InChI=1S/C15H29N5O.HI/c1-16-15(19-12-7-8-14(21)18-11-12)17-9-10-20(2)13-5-3-4-6-13;/h12-13H,3-11H2,1-2H3,(H,18,21)(H2,16,17,19);1H. The van der Waals surface area contributed by atoms with Gasteiger partial charge in [-0.25, -0.2) is 0 Å². The van der Waals surface area contributed by atoms with E-state index < -0.39 is 0 Å². The topological polar surface area (TPSA) is 68.8 Å². The van der Waals surface area contributed by atoms with E-state index in [1.807, 2.05) is 0 Å². The summed E-state index contributed by atoms with van der Waals surface area (Å²) in [7, 11) is 4.00. The SMILES string of the molecule is CN=C(NCCN(C)C1CCCC1)NC1CCC(=O)NC1.I. The van der Waals surface area contributed by atoms with Crippen molar-refractivity contribution in [2.75, 3.05) is 33.7 Å². The molecule has 7 heteroatoms. The first kappa shape index (κ1) is 19.5. The van der Waals surface area contributed by atoms with Crippen molar-refractivity contribution >= 4 is 35.8 Å². The number of likely N-dealkylation sites (N-methyl/N-ethyl adjacent to an activating group) is 1. The maximum absolute atomic E-state index is 11.1. The highest BCUT2D eigenvalue weighted by Gasteiger charge is 2.20. The van der Waals surface area contributed by atoms with Gasteiger partial charge in [-0.05, 0) is 26.3 Å². The lowest BCUT2D eigenvalue weighted by molar-refractivity contribution is -0.122. The van der Waals surface area contributed by atoms with E-state index in [9.17, 15) is 4.79 Å². The number of nitrogens with zero attached hydrogens (tertiary/aromatic N) is 2. The molecule has 0 aromatic heterocycles. The number of guanidine groups is 1. The number of hydrogen-bond donors (Lipinski definition) is 3. The van der Waals surface area contributed by atoms with Crippen LogP contribution in [0, 0.1) is 0 Å². The Kier molecular flexibility index (Phi) is 9.08. The molecule has 0 aromatic rings. The summed E-state index contributed by atoms with van der Waals surface area (Å²) in [5, 5.41) is 9.62. The Morgan fingerprint density at radius 1 is 1.36 bits per heavy atom. The first-order valence-electron chi connectivity index (χ1n) is 8.13. The van der Waals surface area contributed by atoms with E-state index in [4.69, 9.17) is 0 Å². The summed E-state index contributed by atoms with van der Waals surface area (Å²) in [5.74, 6) is 0.977. The molecule has 1 aliphatic heterocycles. The van der Waals surface area contributed by atoms with Gasteiger partial charge in [0.25, 0.3) is 0 Å². The normalized spacial score (nSPS) is 23.1. The summed E-state index contributed by atoms with van der Waals surface area (Å²) >= 11 is 0. The molecule has 128 valence electrons. The molecule has 1 unspecified atom stereocenters. The number of carbonyl (C=O) groups excluding carboxylic acids is 1. The maximum atomic E-state index is 11.1. The zero-order valence-corrected chi connectivity index (χ0v) is 16.1. The molecule has 6 nitrogen and oxygen atoms in total. The Balaban J connectivity index is 0.00000242. The van der Waals surface area contributed by atoms with Gasteiger partial charge in [0.2, 0.25) is 5.91 Å². The molecule has 2 rings (SSSR count). The van der Waals surface area contributed by atoms with Crippen molar-refractivity contribution in [2.45, 2.75) is 50.6 Å². The molecule has 1 aliphatic carbocycles. The number of aliphatic imine (C=N–C) groups is 1. The zero-order valence-electron chi connectivity index (χ0n) is 13.7. The van der Waals surface area contributed by atoms with Gasteiger partial charge in [0, 0.05) is 45.2 Å². The molecule has 2 fully saturated rings. The van der Waals surface area contributed by atoms with Gasteiger partial charge in [-0.1, -0.05) is 12.8 Å². The van der Waals surface area contributed by atoms with E-state index >= 15 is 0 Å². The third-order valence-electron chi connectivity index (χ3n) is 4.53. The van der Waals surface area contributed by atoms with Crippen LogP contribution in [-0.4, -0.2) is 62.6 Å². The molecule has 1 saturated carbocycles. The minimum absolute atomic E-state index is 0. The highest BCUT2D eigenvalue weighted by Crippen LogP contribution is 2.21. The number of hydrogen-bond acceptors (Lipinski definition) is 3. The average Bonchev–Trinajstić information content (AvgIpc) is 3.02. The number of amides is 1. The average molecular weight is 423 g/mol. The van der Waals surface area contributed by atoms with Gasteiger partial charge in [0.05, 0.1) is 0 Å². The van der Waals surface area contributed by atoms with Crippen LogP contribution in [0.5, 0.6) is 0 Å². The summed E-state index contributed by atoms with van der Waals surface area (Å²) in [6.07, 6.45) is 6.89.